The molecule has 0 fully saturated rings. The summed E-state index contributed by atoms with van der Waals surface area (Å²) in [5.41, 5.74) is 6.88. The number of nitro benzene ring substituents is 1. The summed E-state index contributed by atoms with van der Waals surface area (Å²) in [7, 11) is 0. The molecule has 0 aliphatic rings. The number of nitro groups is 1. The molecule has 0 bridgehead atoms. The van der Waals surface area contributed by atoms with Crippen molar-refractivity contribution in [2.45, 2.75) is 6.54 Å². The lowest BCUT2D eigenvalue weighted by Crippen LogP contribution is -2.23. The van der Waals surface area contributed by atoms with Gasteiger partial charge in [-0.15, -0.1) is 12.4 Å². The normalized spacial score (nSPS) is 9.96. The summed E-state index contributed by atoms with van der Waals surface area (Å²) < 4.78 is 6.31. The topological polar surface area (TPSA) is 120 Å². The lowest BCUT2D eigenvalue weighted by atomic mass is 10.2. The van der Waals surface area contributed by atoms with Crippen LogP contribution in [0.1, 0.15) is 5.56 Å². The Labute approximate surface area is 171 Å². The van der Waals surface area contributed by atoms with Gasteiger partial charge in [-0.2, -0.15) is 0 Å². The second-order valence-electron chi connectivity index (χ2n) is 5.41. The van der Waals surface area contributed by atoms with Crippen LogP contribution in [0, 0.1) is 10.1 Å². The van der Waals surface area contributed by atoms with Crippen LogP contribution in [0.15, 0.2) is 46.9 Å². The summed E-state index contributed by atoms with van der Waals surface area (Å²) in [5, 5.41) is 17.1. The van der Waals surface area contributed by atoms with E-state index in [4.69, 9.17) is 10.5 Å². The van der Waals surface area contributed by atoms with E-state index < -0.39 is 10.8 Å². The summed E-state index contributed by atoms with van der Waals surface area (Å²) in [6.45, 7) is 1.69. The molecule has 27 heavy (non-hydrogen) atoms. The molecule has 2 rings (SSSR count). The molecular weight excluding hydrogens is 440 g/mol. The first-order chi connectivity index (χ1) is 12.5. The fourth-order valence-electron chi connectivity index (χ4n) is 2.20. The quantitative estimate of drug-likeness (QED) is 0.285. The highest BCUT2D eigenvalue weighted by Crippen LogP contribution is 2.23. The highest BCUT2D eigenvalue weighted by atomic mass is 79.9. The van der Waals surface area contributed by atoms with Gasteiger partial charge in [0.1, 0.15) is 5.75 Å². The minimum absolute atomic E-state index is 0. The molecular formula is C17H20BrClN4O4. The Morgan fingerprint density at radius 1 is 1.19 bits per heavy atom. The number of anilines is 1. The lowest BCUT2D eigenvalue weighted by Gasteiger charge is -2.12. The SMILES string of the molecule is Cl.NC(=O)COc1ccc(Br)cc1CNCCNc1ccc([N+](=O)[O-])cc1. The van der Waals surface area contributed by atoms with Crippen LogP contribution in [0.5, 0.6) is 5.75 Å². The molecule has 0 heterocycles. The Morgan fingerprint density at radius 2 is 1.89 bits per heavy atom. The Balaban J connectivity index is 0.00000364. The van der Waals surface area contributed by atoms with Crippen LogP contribution in [-0.2, 0) is 11.3 Å². The molecule has 4 N–H and O–H groups in total. The van der Waals surface area contributed by atoms with Crippen molar-refractivity contribution in [3.8, 4) is 5.75 Å². The molecule has 146 valence electrons. The maximum Gasteiger partial charge on any atom is 0.269 e. The summed E-state index contributed by atoms with van der Waals surface area (Å²) >= 11 is 3.41. The third-order valence-corrected chi connectivity index (χ3v) is 3.91. The van der Waals surface area contributed by atoms with Gasteiger partial charge in [0.25, 0.3) is 11.6 Å². The molecule has 0 saturated carbocycles. The molecule has 1 amide bonds. The smallest absolute Gasteiger partial charge is 0.269 e. The van der Waals surface area contributed by atoms with E-state index in [-0.39, 0.29) is 24.7 Å². The van der Waals surface area contributed by atoms with E-state index in [1.807, 2.05) is 12.1 Å². The van der Waals surface area contributed by atoms with Crippen LogP contribution in [0.4, 0.5) is 11.4 Å². The van der Waals surface area contributed by atoms with Gasteiger partial charge >= 0.3 is 0 Å². The number of halogens is 2. The number of primary amides is 1. The number of benzene rings is 2. The zero-order valence-electron chi connectivity index (χ0n) is 14.3. The van der Waals surface area contributed by atoms with E-state index in [9.17, 15) is 14.9 Å². The summed E-state index contributed by atoms with van der Waals surface area (Å²) in [5.74, 6) is 0.0713. The Bertz CT molecular complexity index is 774. The highest BCUT2D eigenvalue weighted by Gasteiger charge is 2.06. The summed E-state index contributed by atoms with van der Waals surface area (Å²) in [6.07, 6.45) is 0. The maximum atomic E-state index is 10.9. The van der Waals surface area contributed by atoms with Gasteiger partial charge in [0.15, 0.2) is 6.61 Å². The lowest BCUT2D eigenvalue weighted by molar-refractivity contribution is -0.384. The minimum Gasteiger partial charge on any atom is -0.483 e. The Hall–Kier alpha value is -2.36. The van der Waals surface area contributed by atoms with Crippen LogP contribution in [0.3, 0.4) is 0 Å². The molecule has 2 aromatic carbocycles. The van der Waals surface area contributed by atoms with Crippen molar-refractivity contribution in [1.82, 2.24) is 5.32 Å². The number of rotatable bonds is 10. The number of ether oxygens (including phenoxy) is 1. The first-order valence-corrected chi connectivity index (χ1v) is 8.63. The molecule has 0 spiro atoms. The average Bonchev–Trinajstić information content (AvgIpc) is 2.61. The van der Waals surface area contributed by atoms with Crippen molar-refractivity contribution in [2.75, 3.05) is 25.0 Å². The van der Waals surface area contributed by atoms with Gasteiger partial charge in [0, 0.05) is 47.5 Å². The number of carbonyl (C=O) groups excluding carboxylic acids is 1. The van der Waals surface area contributed by atoms with Gasteiger partial charge < -0.3 is 21.1 Å². The first-order valence-electron chi connectivity index (χ1n) is 7.84. The second kappa shape index (κ2) is 11.4. The van der Waals surface area contributed by atoms with Gasteiger partial charge in [-0.25, -0.2) is 0 Å². The van der Waals surface area contributed by atoms with E-state index in [0.717, 1.165) is 15.7 Å². The number of non-ortho nitro benzene ring substituents is 1. The number of amides is 1. The molecule has 8 nitrogen and oxygen atoms in total. The highest BCUT2D eigenvalue weighted by molar-refractivity contribution is 9.10. The zero-order valence-corrected chi connectivity index (χ0v) is 16.7. The summed E-state index contributed by atoms with van der Waals surface area (Å²) in [4.78, 5) is 21.1. The van der Waals surface area contributed by atoms with E-state index in [1.165, 1.54) is 12.1 Å². The second-order valence-corrected chi connectivity index (χ2v) is 6.33. The maximum absolute atomic E-state index is 10.9. The van der Waals surface area contributed by atoms with Gasteiger partial charge in [-0.05, 0) is 30.3 Å². The molecule has 0 aliphatic carbocycles. The number of hydrogen-bond donors (Lipinski definition) is 3. The summed E-state index contributed by atoms with van der Waals surface area (Å²) in [6, 6.07) is 11.8. The number of carbonyl (C=O) groups is 1. The molecule has 0 saturated heterocycles. The first kappa shape index (κ1) is 22.7. The number of nitrogens with zero attached hydrogens (tertiary/aromatic N) is 1. The fourth-order valence-corrected chi connectivity index (χ4v) is 2.60. The molecule has 0 aromatic heterocycles. The van der Waals surface area contributed by atoms with Crippen LogP contribution in [-0.4, -0.2) is 30.5 Å². The van der Waals surface area contributed by atoms with Crippen LogP contribution in [0.25, 0.3) is 0 Å². The van der Waals surface area contributed by atoms with Crippen molar-refractivity contribution in [3.05, 3.63) is 62.6 Å². The van der Waals surface area contributed by atoms with Gasteiger partial charge in [-0.1, -0.05) is 15.9 Å². The monoisotopic (exact) mass is 458 g/mol. The van der Waals surface area contributed by atoms with Crippen molar-refractivity contribution in [2.24, 2.45) is 5.73 Å². The van der Waals surface area contributed by atoms with Crippen LogP contribution >= 0.6 is 28.3 Å². The number of hydrogen-bond acceptors (Lipinski definition) is 6. The van der Waals surface area contributed by atoms with Gasteiger partial charge in [-0.3, -0.25) is 14.9 Å². The third kappa shape index (κ3) is 7.81. The predicted octanol–water partition coefficient (Wildman–Crippen LogP) is 2.84. The zero-order chi connectivity index (χ0) is 18.9. The van der Waals surface area contributed by atoms with E-state index in [0.29, 0.717) is 25.4 Å². The largest absolute Gasteiger partial charge is 0.483 e. The van der Waals surface area contributed by atoms with Crippen LogP contribution < -0.4 is 21.1 Å². The molecule has 2 aromatic rings. The molecule has 0 unspecified atom stereocenters. The molecule has 0 aliphatic heterocycles. The van der Waals surface area contributed by atoms with Crippen molar-refractivity contribution in [1.29, 1.82) is 0 Å². The van der Waals surface area contributed by atoms with E-state index >= 15 is 0 Å². The van der Waals surface area contributed by atoms with Crippen molar-refractivity contribution in [3.63, 3.8) is 0 Å². The number of nitrogens with one attached hydrogen (secondary N) is 2. The Morgan fingerprint density at radius 3 is 2.52 bits per heavy atom. The van der Waals surface area contributed by atoms with E-state index in [1.54, 1.807) is 18.2 Å². The Kier molecular flexibility index (Phi) is 9.55. The predicted molar refractivity (Wildman–Crippen MR) is 109 cm³/mol. The van der Waals surface area contributed by atoms with Gasteiger partial charge in [0.05, 0.1) is 4.92 Å². The molecule has 10 heteroatoms. The van der Waals surface area contributed by atoms with Crippen LogP contribution in [0.2, 0.25) is 0 Å². The standard InChI is InChI=1S/C17H19BrN4O4.ClH/c18-13-1-6-16(26-11-17(19)23)12(9-13)10-20-7-8-21-14-2-4-15(5-3-14)22(24)25;/h1-6,9,20-21H,7-8,10-11H2,(H2,19,23);1H. The van der Waals surface area contributed by atoms with Crippen molar-refractivity contribution >= 4 is 45.6 Å². The minimum atomic E-state index is -0.529. The average molecular weight is 460 g/mol. The van der Waals surface area contributed by atoms with Gasteiger partial charge in [0.2, 0.25) is 0 Å². The molecule has 0 atom stereocenters. The molecule has 0 radical (unpaired) electrons. The van der Waals surface area contributed by atoms with E-state index in [2.05, 4.69) is 26.6 Å². The van der Waals surface area contributed by atoms with Crippen molar-refractivity contribution < 1.29 is 14.5 Å². The fraction of sp³-hybridized carbons (Fsp3) is 0.235. The number of nitrogens with two attached hydrogens (primary N) is 1. The third-order valence-electron chi connectivity index (χ3n) is 3.42.